The average Bonchev–Trinajstić information content (AvgIpc) is 2.90. The summed E-state index contributed by atoms with van der Waals surface area (Å²) >= 11 is 0. The van der Waals surface area contributed by atoms with Crippen molar-refractivity contribution in [2.24, 2.45) is 0 Å². The molecule has 0 unspecified atom stereocenters. The summed E-state index contributed by atoms with van der Waals surface area (Å²) in [5.74, 6) is -0.149. The predicted octanol–water partition coefficient (Wildman–Crippen LogP) is 4.61. The standard InChI is InChI=1S/C21H24FN/c1-16-2-5-18-8-9-21(20(18)14-16)10-12-23(13-11-21)15-17-3-6-19(22)7-4-17/h2-7,14H,8-13,15H2,1H3. The molecule has 0 aromatic heterocycles. The van der Waals surface area contributed by atoms with E-state index in [1.165, 1.54) is 36.8 Å². The van der Waals surface area contributed by atoms with Crippen molar-refractivity contribution in [2.45, 2.75) is 44.6 Å². The molecule has 0 N–H and O–H groups in total. The molecular weight excluding hydrogens is 285 g/mol. The molecule has 2 heteroatoms. The van der Waals surface area contributed by atoms with Gasteiger partial charge in [0.2, 0.25) is 0 Å². The number of benzene rings is 2. The van der Waals surface area contributed by atoms with Crippen LogP contribution in [0.15, 0.2) is 42.5 Å². The Morgan fingerprint density at radius 1 is 1.00 bits per heavy atom. The van der Waals surface area contributed by atoms with Crippen molar-refractivity contribution in [1.82, 2.24) is 4.90 Å². The third-order valence-electron chi connectivity index (χ3n) is 5.84. The Bertz CT molecular complexity index is 696. The molecule has 4 rings (SSSR count). The first-order valence-electron chi connectivity index (χ1n) is 8.71. The molecule has 0 amide bonds. The normalized spacial score (nSPS) is 19.9. The van der Waals surface area contributed by atoms with Gasteiger partial charge in [-0.05, 0) is 79.9 Å². The van der Waals surface area contributed by atoms with Gasteiger partial charge in [-0.3, -0.25) is 4.90 Å². The summed E-state index contributed by atoms with van der Waals surface area (Å²) in [7, 11) is 0. The lowest BCUT2D eigenvalue weighted by atomic mass is 9.73. The molecule has 0 radical (unpaired) electrons. The van der Waals surface area contributed by atoms with Crippen LogP contribution in [0, 0.1) is 12.7 Å². The highest BCUT2D eigenvalue weighted by Gasteiger charge is 2.40. The van der Waals surface area contributed by atoms with Crippen molar-refractivity contribution in [3.63, 3.8) is 0 Å². The predicted molar refractivity (Wildman–Crippen MR) is 92.1 cm³/mol. The largest absolute Gasteiger partial charge is 0.299 e. The quantitative estimate of drug-likeness (QED) is 0.783. The summed E-state index contributed by atoms with van der Waals surface area (Å²) in [4.78, 5) is 2.52. The lowest BCUT2D eigenvalue weighted by molar-refractivity contribution is 0.152. The number of likely N-dealkylation sites (tertiary alicyclic amines) is 1. The summed E-state index contributed by atoms with van der Waals surface area (Å²) in [6.45, 7) is 5.43. The van der Waals surface area contributed by atoms with Crippen LogP contribution in [-0.4, -0.2) is 18.0 Å². The van der Waals surface area contributed by atoms with Crippen LogP contribution in [0.3, 0.4) is 0 Å². The topological polar surface area (TPSA) is 3.24 Å². The van der Waals surface area contributed by atoms with Crippen molar-refractivity contribution in [3.8, 4) is 0 Å². The Kier molecular flexibility index (Phi) is 3.73. The average molecular weight is 309 g/mol. The number of nitrogens with zero attached hydrogens (tertiary/aromatic N) is 1. The maximum Gasteiger partial charge on any atom is 0.123 e. The zero-order chi connectivity index (χ0) is 15.9. The van der Waals surface area contributed by atoms with Crippen molar-refractivity contribution in [3.05, 3.63) is 70.5 Å². The minimum Gasteiger partial charge on any atom is -0.299 e. The van der Waals surface area contributed by atoms with E-state index in [9.17, 15) is 4.39 Å². The molecule has 1 aliphatic heterocycles. The molecule has 120 valence electrons. The van der Waals surface area contributed by atoms with Gasteiger partial charge in [0.25, 0.3) is 0 Å². The molecule has 1 fully saturated rings. The second-order valence-electron chi connectivity index (χ2n) is 7.34. The van der Waals surface area contributed by atoms with Crippen molar-refractivity contribution in [1.29, 1.82) is 0 Å². The van der Waals surface area contributed by atoms with E-state index in [0.717, 1.165) is 19.6 Å². The van der Waals surface area contributed by atoms with Crippen LogP contribution in [0.2, 0.25) is 0 Å². The van der Waals surface area contributed by atoms with Gasteiger partial charge in [0, 0.05) is 6.54 Å². The van der Waals surface area contributed by atoms with Gasteiger partial charge in [0.15, 0.2) is 0 Å². The Balaban J connectivity index is 1.46. The van der Waals surface area contributed by atoms with E-state index >= 15 is 0 Å². The van der Waals surface area contributed by atoms with Gasteiger partial charge in [-0.2, -0.15) is 0 Å². The second-order valence-corrected chi connectivity index (χ2v) is 7.34. The minimum absolute atomic E-state index is 0.149. The molecule has 0 saturated carbocycles. The Morgan fingerprint density at radius 2 is 1.74 bits per heavy atom. The van der Waals surface area contributed by atoms with Gasteiger partial charge >= 0.3 is 0 Å². The van der Waals surface area contributed by atoms with E-state index in [1.54, 1.807) is 23.3 Å². The summed E-state index contributed by atoms with van der Waals surface area (Å²) in [6.07, 6.45) is 5.07. The molecule has 1 saturated heterocycles. The van der Waals surface area contributed by atoms with Gasteiger partial charge in [0.05, 0.1) is 0 Å². The maximum absolute atomic E-state index is 13.0. The smallest absolute Gasteiger partial charge is 0.123 e. The maximum atomic E-state index is 13.0. The number of hydrogen-bond acceptors (Lipinski definition) is 1. The van der Waals surface area contributed by atoms with Crippen molar-refractivity contribution >= 4 is 0 Å². The van der Waals surface area contributed by atoms with Crippen LogP contribution in [0.4, 0.5) is 4.39 Å². The van der Waals surface area contributed by atoms with E-state index in [0.29, 0.717) is 5.41 Å². The van der Waals surface area contributed by atoms with Crippen molar-refractivity contribution in [2.75, 3.05) is 13.1 Å². The summed E-state index contributed by atoms with van der Waals surface area (Å²) in [5, 5.41) is 0. The number of rotatable bonds is 2. The van der Waals surface area contributed by atoms with Crippen LogP contribution in [-0.2, 0) is 18.4 Å². The molecule has 1 heterocycles. The molecule has 2 aromatic carbocycles. The number of piperidine rings is 1. The second kappa shape index (κ2) is 5.76. The summed E-state index contributed by atoms with van der Waals surface area (Å²) in [6, 6.07) is 14.0. The molecular formula is C21H24FN. The summed E-state index contributed by atoms with van der Waals surface area (Å²) in [5.41, 5.74) is 6.21. The fourth-order valence-electron chi connectivity index (χ4n) is 4.42. The first-order valence-corrected chi connectivity index (χ1v) is 8.71. The Labute approximate surface area is 138 Å². The third kappa shape index (κ3) is 2.81. The first kappa shape index (κ1) is 14.9. The highest BCUT2D eigenvalue weighted by atomic mass is 19.1. The number of hydrogen-bond donors (Lipinski definition) is 0. The zero-order valence-corrected chi connectivity index (χ0v) is 13.8. The van der Waals surface area contributed by atoms with E-state index in [4.69, 9.17) is 0 Å². The van der Waals surface area contributed by atoms with Gasteiger partial charge < -0.3 is 0 Å². The fraction of sp³-hybridized carbons (Fsp3) is 0.429. The Morgan fingerprint density at radius 3 is 2.48 bits per heavy atom. The molecule has 2 aromatic rings. The lowest BCUT2D eigenvalue weighted by Gasteiger charge is -2.40. The molecule has 2 aliphatic rings. The third-order valence-corrected chi connectivity index (χ3v) is 5.84. The van der Waals surface area contributed by atoms with Crippen LogP contribution in [0.25, 0.3) is 0 Å². The molecule has 23 heavy (non-hydrogen) atoms. The highest BCUT2D eigenvalue weighted by Crippen LogP contribution is 2.46. The fourth-order valence-corrected chi connectivity index (χ4v) is 4.42. The van der Waals surface area contributed by atoms with E-state index in [-0.39, 0.29) is 5.82 Å². The zero-order valence-electron chi connectivity index (χ0n) is 13.8. The number of fused-ring (bicyclic) bond motifs is 2. The van der Waals surface area contributed by atoms with Gasteiger partial charge in [-0.25, -0.2) is 4.39 Å². The SMILES string of the molecule is Cc1ccc2c(c1)C1(CC2)CCN(Cc2ccc(F)cc2)CC1. The van der Waals surface area contributed by atoms with Crippen LogP contribution < -0.4 is 0 Å². The minimum atomic E-state index is -0.149. The molecule has 1 spiro atoms. The molecule has 0 bridgehead atoms. The van der Waals surface area contributed by atoms with E-state index in [2.05, 4.69) is 30.0 Å². The van der Waals surface area contributed by atoms with E-state index in [1.807, 2.05) is 12.1 Å². The molecule has 0 atom stereocenters. The van der Waals surface area contributed by atoms with Crippen LogP contribution >= 0.6 is 0 Å². The number of halogens is 1. The summed E-state index contributed by atoms with van der Waals surface area (Å²) < 4.78 is 13.0. The van der Waals surface area contributed by atoms with Crippen LogP contribution in [0.1, 0.15) is 41.5 Å². The van der Waals surface area contributed by atoms with Crippen molar-refractivity contribution < 1.29 is 4.39 Å². The highest BCUT2D eigenvalue weighted by molar-refractivity contribution is 5.42. The first-order chi connectivity index (χ1) is 11.1. The monoisotopic (exact) mass is 309 g/mol. The molecule has 1 nitrogen and oxygen atoms in total. The van der Waals surface area contributed by atoms with Crippen LogP contribution in [0.5, 0.6) is 0 Å². The molecule has 1 aliphatic carbocycles. The van der Waals surface area contributed by atoms with Gasteiger partial charge in [0.1, 0.15) is 5.82 Å². The van der Waals surface area contributed by atoms with Gasteiger partial charge in [-0.1, -0.05) is 35.9 Å². The van der Waals surface area contributed by atoms with E-state index < -0.39 is 0 Å². The number of aryl methyl sites for hydroxylation is 2. The lowest BCUT2D eigenvalue weighted by Crippen LogP contribution is -2.41. The Hall–Kier alpha value is -1.67. The van der Waals surface area contributed by atoms with Gasteiger partial charge in [-0.15, -0.1) is 0 Å².